The quantitative estimate of drug-likeness (QED) is 0.903. The largest absolute Gasteiger partial charge is 0.504 e. The number of ether oxygens (including phenoxy) is 1. The summed E-state index contributed by atoms with van der Waals surface area (Å²) in [6.07, 6.45) is 2.09. The monoisotopic (exact) mass is 321 g/mol. The van der Waals surface area contributed by atoms with Crippen LogP contribution in [-0.2, 0) is 0 Å². The Labute approximate surface area is 141 Å². The first-order valence-electron chi connectivity index (χ1n) is 7.69. The van der Waals surface area contributed by atoms with E-state index in [-0.39, 0.29) is 11.8 Å². The number of phenolic OH excluding ortho intramolecular Hbond substituents is 1. The zero-order valence-corrected chi connectivity index (χ0v) is 13.6. The van der Waals surface area contributed by atoms with Crippen LogP contribution in [0.15, 0.2) is 60.3 Å². The van der Waals surface area contributed by atoms with Gasteiger partial charge in [0, 0.05) is 5.70 Å². The Balaban J connectivity index is 1.97. The number of hydrogen-bond acceptors (Lipinski definition) is 5. The lowest BCUT2D eigenvalue weighted by atomic mass is 10.0. The van der Waals surface area contributed by atoms with Crippen molar-refractivity contribution in [3.63, 3.8) is 0 Å². The summed E-state index contributed by atoms with van der Waals surface area (Å²) in [5, 5.41) is 21.5. The fourth-order valence-corrected chi connectivity index (χ4v) is 2.92. The zero-order chi connectivity index (χ0) is 17.1. The molecule has 0 unspecified atom stereocenters. The van der Waals surface area contributed by atoms with Crippen molar-refractivity contribution in [2.45, 2.75) is 19.0 Å². The second kappa shape index (κ2) is 6.65. The van der Waals surface area contributed by atoms with E-state index in [2.05, 4.69) is 17.6 Å². The molecule has 122 valence electrons. The molecule has 2 N–H and O–H groups in total. The first kappa shape index (κ1) is 15.9. The Morgan fingerprint density at radius 3 is 2.67 bits per heavy atom. The van der Waals surface area contributed by atoms with Crippen LogP contribution < -0.4 is 10.2 Å². The van der Waals surface area contributed by atoms with E-state index in [1.807, 2.05) is 42.3 Å². The molecule has 1 aliphatic heterocycles. The van der Waals surface area contributed by atoms with Crippen molar-refractivity contribution in [1.82, 2.24) is 10.4 Å². The van der Waals surface area contributed by atoms with Crippen LogP contribution in [0.2, 0.25) is 0 Å². The highest BCUT2D eigenvalue weighted by molar-refractivity contribution is 5.44. The highest BCUT2D eigenvalue weighted by Gasteiger charge is 2.32. The van der Waals surface area contributed by atoms with Gasteiger partial charge in [-0.05, 0) is 36.3 Å². The third-order valence-corrected chi connectivity index (χ3v) is 4.07. The van der Waals surface area contributed by atoms with E-state index in [4.69, 9.17) is 4.74 Å². The molecule has 5 nitrogen and oxygen atoms in total. The number of allylic oxidation sites excluding steroid dienone is 1. The molecule has 2 atom stereocenters. The lowest BCUT2D eigenvalue weighted by molar-refractivity contribution is 0.160. The third kappa shape index (κ3) is 2.92. The maximum Gasteiger partial charge on any atom is 0.160 e. The summed E-state index contributed by atoms with van der Waals surface area (Å²) >= 11 is 0. The predicted molar refractivity (Wildman–Crippen MR) is 90.9 cm³/mol. The van der Waals surface area contributed by atoms with Gasteiger partial charge in [0.25, 0.3) is 0 Å². The molecule has 1 aliphatic rings. The maximum atomic E-state index is 9.78. The minimum Gasteiger partial charge on any atom is -0.504 e. The third-order valence-electron chi connectivity index (χ3n) is 4.07. The van der Waals surface area contributed by atoms with Crippen LogP contribution in [0, 0.1) is 11.3 Å². The molecule has 2 aromatic carbocycles. The van der Waals surface area contributed by atoms with Crippen LogP contribution in [0.25, 0.3) is 0 Å². The predicted octanol–water partition coefficient (Wildman–Crippen LogP) is 3.43. The molecule has 0 spiro atoms. The second-order valence-electron chi connectivity index (χ2n) is 5.69. The molecule has 0 aromatic heterocycles. The number of phenols is 1. The van der Waals surface area contributed by atoms with Crippen molar-refractivity contribution in [2.75, 3.05) is 7.11 Å². The van der Waals surface area contributed by atoms with Gasteiger partial charge in [-0.2, -0.15) is 10.3 Å². The maximum absolute atomic E-state index is 9.78. The molecular formula is C19H19N3O2. The van der Waals surface area contributed by atoms with Crippen molar-refractivity contribution < 1.29 is 9.84 Å². The molecule has 2 aromatic rings. The smallest absolute Gasteiger partial charge is 0.160 e. The summed E-state index contributed by atoms with van der Waals surface area (Å²) < 4.78 is 5.16. The fourth-order valence-electron chi connectivity index (χ4n) is 2.92. The van der Waals surface area contributed by atoms with E-state index in [0.29, 0.717) is 5.75 Å². The molecule has 0 saturated carbocycles. The zero-order valence-electron chi connectivity index (χ0n) is 13.6. The Morgan fingerprint density at radius 2 is 2.00 bits per heavy atom. The molecule has 0 aliphatic carbocycles. The molecule has 0 amide bonds. The topological polar surface area (TPSA) is 68.5 Å². The van der Waals surface area contributed by atoms with Gasteiger partial charge in [-0.1, -0.05) is 36.4 Å². The van der Waals surface area contributed by atoms with E-state index in [1.165, 1.54) is 7.11 Å². The molecule has 1 heterocycles. The minimum absolute atomic E-state index is 0.0457. The van der Waals surface area contributed by atoms with E-state index >= 15 is 0 Å². The molecule has 5 heteroatoms. The average Bonchev–Trinajstić information content (AvgIpc) is 2.99. The highest BCUT2D eigenvalue weighted by atomic mass is 16.5. The highest BCUT2D eigenvalue weighted by Crippen LogP contribution is 2.36. The molecule has 0 bridgehead atoms. The van der Waals surface area contributed by atoms with Crippen LogP contribution in [-0.4, -0.2) is 17.2 Å². The molecule has 0 saturated heterocycles. The van der Waals surface area contributed by atoms with Crippen molar-refractivity contribution in [3.05, 3.63) is 71.4 Å². The Hall–Kier alpha value is -2.97. The number of nitriles is 1. The van der Waals surface area contributed by atoms with Crippen LogP contribution in [0.1, 0.15) is 30.1 Å². The lowest BCUT2D eigenvalue weighted by Crippen LogP contribution is -2.37. The van der Waals surface area contributed by atoms with Crippen molar-refractivity contribution in [3.8, 4) is 17.6 Å². The number of methoxy groups -OCH3 is 1. The van der Waals surface area contributed by atoms with Crippen LogP contribution in [0.5, 0.6) is 11.5 Å². The van der Waals surface area contributed by atoms with Gasteiger partial charge >= 0.3 is 0 Å². The molecule has 3 rings (SSSR count). The van der Waals surface area contributed by atoms with Crippen molar-refractivity contribution >= 4 is 0 Å². The summed E-state index contributed by atoms with van der Waals surface area (Å²) in [5.74, 6) is 0.411. The SMILES string of the molecule is COc1cc([C@@H](C#N)N2NC(C)=C[C@H]2c2ccccc2)ccc1O. The van der Waals surface area contributed by atoms with Gasteiger partial charge in [-0.3, -0.25) is 0 Å². The first-order chi connectivity index (χ1) is 11.6. The van der Waals surface area contributed by atoms with Gasteiger partial charge in [0.05, 0.1) is 19.2 Å². The number of nitrogens with zero attached hydrogens (tertiary/aromatic N) is 2. The van der Waals surface area contributed by atoms with E-state index in [9.17, 15) is 10.4 Å². The van der Waals surface area contributed by atoms with Gasteiger partial charge in [-0.15, -0.1) is 0 Å². The second-order valence-corrected chi connectivity index (χ2v) is 5.69. The lowest BCUT2D eigenvalue weighted by Gasteiger charge is -2.29. The van der Waals surface area contributed by atoms with E-state index in [1.54, 1.807) is 18.2 Å². The Kier molecular flexibility index (Phi) is 4.41. The van der Waals surface area contributed by atoms with Gasteiger partial charge in [-0.25, -0.2) is 0 Å². The number of benzene rings is 2. The standard InChI is InChI=1S/C19H19N3O2/c1-13-10-16(14-6-4-3-5-7-14)22(21-13)17(12-20)15-8-9-18(23)19(11-15)24-2/h3-11,16-17,21,23H,1-2H3/t16-,17+/m0/s1. The molecule has 0 radical (unpaired) electrons. The molecule has 24 heavy (non-hydrogen) atoms. The van der Waals surface area contributed by atoms with Gasteiger partial charge in [0.1, 0.15) is 6.04 Å². The summed E-state index contributed by atoms with van der Waals surface area (Å²) in [4.78, 5) is 0. The Bertz CT molecular complexity index is 796. The van der Waals surface area contributed by atoms with Gasteiger partial charge in [0.2, 0.25) is 0 Å². The molecule has 0 fully saturated rings. The number of hydrogen-bond donors (Lipinski definition) is 2. The summed E-state index contributed by atoms with van der Waals surface area (Å²) in [7, 11) is 1.49. The normalized spacial score (nSPS) is 18.4. The van der Waals surface area contributed by atoms with Crippen molar-refractivity contribution in [2.24, 2.45) is 0 Å². The van der Waals surface area contributed by atoms with Crippen LogP contribution in [0.3, 0.4) is 0 Å². The number of aromatic hydroxyl groups is 1. The fraction of sp³-hybridized carbons (Fsp3) is 0.211. The average molecular weight is 321 g/mol. The number of hydrazine groups is 1. The summed E-state index contributed by atoms with van der Waals surface area (Å²) in [5.41, 5.74) is 6.13. The summed E-state index contributed by atoms with van der Waals surface area (Å²) in [6, 6.07) is 16.8. The van der Waals surface area contributed by atoms with Gasteiger partial charge < -0.3 is 15.3 Å². The van der Waals surface area contributed by atoms with Crippen LogP contribution in [0.4, 0.5) is 0 Å². The molecular weight excluding hydrogens is 302 g/mol. The Morgan fingerprint density at radius 1 is 1.25 bits per heavy atom. The first-order valence-corrected chi connectivity index (χ1v) is 7.69. The minimum atomic E-state index is -0.529. The van der Waals surface area contributed by atoms with Crippen LogP contribution >= 0.6 is 0 Å². The van der Waals surface area contributed by atoms with Gasteiger partial charge in [0.15, 0.2) is 11.5 Å². The summed E-state index contributed by atoms with van der Waals surface area (Å²) in [6.45, 7) is 1.97. The number of rotatable bonds is 4. The van der Waals surface area contributed by atoms with E-state index < -0.39 is 6.04 Å². The van der Waals surface area contributed by atoms with Crippen molar-refractivity contribution in [1.29, 1.82) is 5.26 Å². The van der Waals surface area contributed by atoms with E-state index in [0.717, 1.165) is 16.8 Å². The number of nitrogens with one attached hydrogen (secondary N) is 1.